The number of aromatic hydroxyl groups is 2. The van der Waals surface area contributed by atoms with Crippen molar-refractivity contribution in [1.82, 2.24) is 0 Å². The van der Waals surface area contributed by atoms with Gasteiger partial charge in [-0.05, 0) is 0 Å². The second kappa shape index (κ2) is 15.3. The molecule has 0 aromatic heterocycles. The molecule has 0 fully saturated rings. The predicted molar refractivity (Wildman–Crippen MR) is 195 cm³/mol. The molecular formula is C41H55O3P. The first-order valence-electron chi connectivity index (χ1n) is 17.1. The van der Waals surface area contributed by atoms with Crippen LogP contribution in [0.1, 0.15) is 98.2 Å². The number of phenolic OH excluding ortho intramolecular Hbond substituents is 2. The Hall–Kier alpha value is -3.29. The molecular weight excluding hydrogens is 571 g/mol. The van der Waals surface area contributed by atoms with Gasteiger partial charge in [-0.3, -0.25) is 0 Å². The molecule has 0 aliphatic rings. The van der Waals surface area contributed by atoms with Crippen LogP contribution in [0.25, 0.3) is 0 Å². The first kappa shape index (κ1) is 34.6. The van der Waals surface area contributed by atoms with Crippen LogP contribution < -0.4 is 9.83 Å². The summed E-state index contributed by atoms with van der Waals surface area (Å²) in [4.78, 5) is 0. The fraction of sp³-hybridized carbons (Fsp3) is 0.415. The van der Waals surface area contributed by atoms with Gasteiger partial charge in [0, 0.05) is 0 Å². The monoisotopic (exact) mass is 626 g/mol. The Balaban J connectivity index is 2.04. The van der Waals surface area contributed by atoms with Crippen molar-refractivity contribution in [3.05, 3.63) is 118 Å². The van der Waals surface area contributed by atoms with Crippen LogP contribution in [-0.2, 0) is 12.8 Å². The van der Waals surface area contributed by atoms with Gasteiger partial charge in [0.05, 0.1) is 0 Å². The molecule has 242 valence electrons. The van der Waals surface area contributed by atoms with Crippen molar-refractivity contribution in [1.29, 1.82) is 0 Å². The van der Waals surface area contributed by atoms with Crippen molar-refractivity contribution in [2.24, 2.45) is 0 Å². The van der Waals surface area contributed by atoms with E-state index in [1.54, 1.807) is 12.1 Å². The van der Waals surface area contributed by atoms with Crippen molar-refractivity contribution in [3.8, 4) is 17.2 Å². The van der Waals surface area contributed by atoms with E-state index in [-0.39, 0.29) is 0 Å². The van der Waals surface area contributed by atoms with E-state index in [4.69, 9.17) is 4.52 Å². The van der Waals surface area contributed by atoms with Gasteiger partial charge in [-0.2, -0.15) is 0 Å². The van der Waals surface area contributed by atoms with Crippen molar-refractivity contribution in [2.45, 2.75) is 92.9 Å². The summed E-state index contributed by atoms with van der Waals surface area (Å²) in [5, 5.41) is 23.3. The van der Waals surface area contributed by atoms with E-state index in [1.165, 1.54) is 5.30 Å². The molecule has 4 aromatic rings. The van der Waals surface area contributed by atoms with E-state index in [9.17, 15) is 10.2 Å². The SMILES string of the molecule is CCCCP(CCCC)(CCCC)(Oc1c(Cc2cc(C)ccc2O)cc(C)cc1Cc1cc(C)ccc1O)c1ccccc1. The number of benzene rings is 4. The third-order valence-corrected chi connectivity index (χ3v) is 15.8. The maximum atomic E-state index is 11.0. The zero-order chi connectivity index (χ0) is 32.5. The van der Waals surface area contributed by atoms with Gasteiger partial charge in [-0.25, -0.2) is 0 Å². The van der Waals surface area contributed by atoms with Gasteiger partial charge in [0.1, 0.15) is 0 Å². The van der Waals surface area contributed by atoms with E-state index in [0.717, 1.165) is 102 Å². The van der Waals surface area contributed by atoms with Gasteiger partial charge in [-0.1, -0.05) is 0 Å². The summed E-state index contributed by atoms with van der Waals surface area (Å²) in [6.07, 6.45) is 11.0. The average Bonchev–Trinajstić information content (AvgIpc) is 3.03. The Labute approximate surface area is 272 Å². The van der Waals surface area contributed by atoms with Crippen molar-refractivity contribution in [3.63, 3.8) is 0 Å². The minimum atomic E-state index is -3.04. The summed E-state index contributed by atoms with van der Waals surface area (Å²) in [5.41, 5.74) is 7.43. The van der Waals surface area contributed by atoms with Crippen LogP contribution in [0.3, 0.4) is 0 Å². The fourth-order valence-electron chi connectivity index (χ4n) is 6.96. The fourth-order valence-corrected chi connectivity index (χ4v) is 13.6. The molecule has 0 aliphatic heterocycles. The molecule has 0 unspecified atom stereocenters. The second-order valence-electron chi connectivity index (χ2n) is 13.3. The van der Waals surface area contributed by atoms with Crippen molar-refractivity contribution >= 4 is 12.1 Å². The quantitative estimate of drug-likeness (QED) is 0.122. The van der Waals surface area contributed by atoms with Gasteiger partial charge in [0.2, 0.25) is 0 Å². The Morgan fingerprint density at radius 3 is 1.38 bits per heavy atom. The maximum absolute atomic E-state index is 11.0. The Bertz CT molecular complexity index is 1460. The van der Waals surface area contributed by atoms with Crippen LogP contribution in [0.15, 0.2) is 78.9 Å². The topological polar surface area (TPSA) is 49.7 Å². The molecule has 0 bridgehead atoms. The number of hydrogen-bond donors (Lipinski definition) is 2. The third kappa shape index (κ3) is 8.11. The molecule has 0 amide bonds. The van der Waals surface area contributed by atoms with E-state index in [1.807, 2.05) is 12.1 Å². The first-order chi connectivity index (χ1) is 21.6. The van der Waals surface area contributed by atoms with E-state index >= 15 is 0 Å². The van der Waals surface area contributed by atoms with Gasteiger partial charge in [0.25, 0.3) is 0 Å². The summed E-state index contributed by atoms with van der Waals surface area (Å²) in [6, 6.07) is 27.4. The molecule has 0 atom stereocenters. The zero-order valence-electron chi connectivity index (χ0n) is 28.5. The van der Waals surface area contributed by atoms with Crippen LogP contribution in [0.5, 0.6) is 17.2 Å². The zero-order valence-corrected chi connectivity index (χ0v) is 29.4. The van der Waals surface area contributed by atoms with Crippen LogP contribution >= 0.6 is 6.83 Å². The molecule has 0 spiro atoms. The molecule has 4 aromatic carbocycles. The van der Waals surface area contributed by atoms with Crippen LogP contribution in [-0.4, -0.2) is 28.7 Å². The minimum absolute atomic E-state index is 0.314. The third-order valence-electron chi connectivity index (χ3n) is 9.45. The van der Waals surface area contributed by atoms with E-state index < -0.39 is 6.83 Å². The number of aryl methyl sites for hydroxylation is 3. The molecule has 0 radical (unpaired) electrons. The second-order valence-corrected chi connectivity index (χ2v) is 18.6. The first-order valence-corrected chi connectivity index (χ1v) is 19.8. The van der Waals surface area contributed by atoms with Crippen LogP contribution in [0.2, 0.25) is 0 Å². The molecule has 0 aliphatic carbocycles. The predicted octanol–water partition coefficient (Wildman–Crippen LogP) is 10.8. The molecule has 0 heterocycles. The Morgan fingerprint density at radius 1 is 0.533 bits per heavy atom. The molecule has 0 saturated heterocycles. The van der Waals surface area contributed by atoms with Crippen LogP contribution in [0, 0.1) is 20.8 Å². The molecule has 0 saturated carbocycles. The van der Waals surface area contributed by atoms with Crippen LogP contribution in [0.4, 0.5) is 0 Å². The number of unbranched alkanes of at least 4 members (excludes halogenated alkanes) is 3. The number of rotatable bonds is 16. The molecule has 4 heteroatoms. The summed E-state index contributed by atoms with van der Waals surface area (Å²) >= 11 is 0. The van der Waals surface area contributed by atoms with Gasteiger partial charge in [0.15, 0.2) is 0 Å². The number of hydrogen-bond acceptors (Lipinski definition) is 3. The van der Waals surface area contributed by atoms with Gasteiger partial charge >= 0.3 is 273 Å². The van der Waals surface area contributed by atoms with Gasteiger partial charge in [-0.15, -0.1) is 0 Å². The summed E-state index contributed by atoms with van der Waals surface area (Å²) in [5.74, 6) is 1.58. The Morgan fingerprint density at radius 2 is 0.956 bits per heavy atom. The molecule has 3 nitrogen and oxygen atoms in total. The average molecular weight is 627 g/mol. The molecule has 2 N–H and O–H groups in total. The summed E-state index contributed by atoms with van der Waals surface area (Å²) < 4.78 is 8.05. The number of phenols is 2. The summed E-state index contributed by atoms with van der Waals surface area (Å²) in [6.45, 7) is 10.1. The Kier molecular flexibility index (Phi) is 11.8. The van der Waals surface area contributed by atoms with E-state index in [0.29, 0.717) is 24.3 Å². The van der Waals surface area contributed by atoms with Crippen molar-refractivity contribution in [2.75, 3.05) is 18.5 Å². The molecule has 45 heavy (non-hydrogen) atoms. The summed E-state index contributed by atoms with van der Waals surface area (Å²) in [7, 11) is 0. The van der Waals surface area contributed by atoms with Gasteiger partial charge < -0.3 is 0 Å². The standard InChI is InChI=1S/C41H55O3P/c1-7-10-22-45(23-11-8-2,24-12-9-3,38-16-14-13-15-17-38)44-41-36(29-34-25-31(4)18-20-39(34)42)27-33(6)28-37(41)30-35-26-32(5)19-21-40(35)43/h13-21,25-28,42-43H,7-12,22-24,29-30H2,1-6H3. The normalized spacial score (nSPS) is 12.5. The van der Waals surface area contributed by atoms with E-state index in [2.05, 4.69) is 96.1 Å². The van der Waals surface area contributed by atoms with Crippen molar-refractivity contribution < 1.29 is 14.7 Å². The molecule has 4 rings (SSSR count).